The number of hydrogen-bond donors (Lipinski definition) is 3. The Bertz CT molecular complexity index is 486. The summed E-state index contributed by atoms with van der Waals surface area (Å²) >= 11 is 0. The summed E-state index contributed by atoms with van der Waals surface area (Å²) in [4.78, 5) is 23.2. The highest BCUT2D eigenvalue weighted by atomic mass is 16.2. The van der Waals surface area contributed by atoms with Crippen LogP contribution in [0.15, 0.2) is 18.2 Å². The molecule has 3 amide bonds. The van der Waals surface area contributed by atoms with Crippen molar-refractivity contribution in [1.82, 2.24) is 5.32 Å². The van der Waals surface area contributed by atoms with Gasteiger partial charge in [0.15, 0.2) is 0 Å². The van der Waals surface area contributed by atoms with Crippen molar-refractivity contribution in [2.45, 2.75) is 46.6 Å². The molecule has 3 N–H and O–H groups in total. The molecular weight excluding hydrogens is 254 g/mol. The summed E-state index contributed by atoms with van der Waals surface area (Å²) in [5.74, 6) is -0.0520. The predicted octanol–water partition coefficient (Wildman–Crippen LogP) is 3.26. The van der Waals surface area contributed by atoms with Crippen LogP contribution in [0.25, 0.3) is 0 Å². The van der Waals surface area contributed by atoms with E-state index in [1.165, 1.54) is 0 Å². The fraction of sp³-hybridized carbons (Fsp3) is 0.467. The lowest BCUT2D eigenvalue weighted by Crippen LogP contribution is -2.35. The highest BCUT2D eigenvalue weighted by molar-refractivity contribution is 5.94. The van der Waals surface area contributed by atoms with Crippen molar-refractivity contribution in [1.29, 1.82) is 0 Å². The van der Waals surface area contributed by atoms with Gasteiger partial charge in [-0.1, -0.05) is 19.9 Å². The van der Waals surface area contributed by atoms with E-state index in [-0.39, 0.29) is 18.0 Å². The van der Waals surface area contributed by atoms with Crippen LogP contribution in [0.4, 0.5) is 16.2 Å². The third kappa shape index (κ3) is 4.91. The van der Waals surface area contributed by atoms with Crippen LogP contribution in [0.5, 0.6) is 0 Å². The molecule has 5 nitrogen and oxygen atoms in total. The largest absolute Gasteiger partial charge is 0.335 e. The SMILES string of the molecule is CCC(=O)Nc1ccc(C)c(NC(=O)NC(C)CC)c1. The minimum absolute atomic E-state index is 0.0520. The Morgan fingerprint density at radius 3 is 2.50 bits per heavy atom. The van der Waals surface area contributed by atoms with Crippen molar-refractivity contribution in [2.75, 3.05) is 10.6 Å². The Labute approximate surface area is 120 Å². The molecule has 0 aliphatic carbocycles. The van der Waals surface area contributed by atoms with Gasteiger partial charge in [-0.15, -0.1) is 0 Å². The van der Waals surface area contributed by atoms with Gasteiger partial charge >= 0.3 is 6.03 Å². The summed E-state index contributed by atoms with van der Waals surface area (Å²) in [5, 5.41) is 8.42. The molecule has 20 heavy (non-hydrogen) atoms. The Hall–Kier alpha value is -2.04. The van der Waals surface area contributed by atoms with E-state index in [0.29, 0.717) is 17.8 Å². The maximum Gasteiger partial charge on any atom is 0.319 e. The number of carbonyl (C=O) groups is 2. The maximum absolute atomic E-state index is 11.8. The molecule has 1 atom stereocenters. The van der Waals surface area contributed by atoms with Crippen LogP contribution >= 0.6 is 0 Å². The van der Waals surface area contributed by atoms with Gasteiger partial charge in [0.05, 0.1) is 0 Å². The molecule has 1 rings (SSSR count). The molecule has 0 saturated carbocycles. The fourth-order valence-electron chi connectivity index (χ4n) is 1.57. The predicted molar refractivity (Wildman–Crippen MR) is 82.0 cm³/mol. The molecule has 0 aliphatic heterocycles. The average molecular weight is 277 g/mol. The minimum Gasteiger partial charge on any atom is -0.335 e. The number of aryl methyl sites for hydroxylation is 1. The van der Waals surface area contributed by atoms with Crippen LogP contribution < -0.4 is 16.0 Å². The number of nitrogens with one attached hydrogen (secondary N) is 3. The highest BCUT2D eigenvalue weighted by Crippen LogP contribution is 2.20. The number of hydrogen-bond acceptors (Lipinski definition) is 2. The molecule has 0 heterocycles. The summed E-state index contributed by atoms with van der Waals surface area (Å²) in [5.41, 5.74) is 2.32. The first-order valence-corrected chi connectivity index (χ1v) is 6.94. The lowest BCUT2D eigenvalue weighted by Gasteiger charge is -2.15. The topological polar surface area (TPSA) is 70.2 Å². The summed E-state index contributed by atoms with van der Waals surface area (Å²) in [6.07, 6.45) is 1.30. The molecule has 0 fully saturated rings. The molecule has 0 radical (unpaired) electrons. The smallest absolute Gasteiger partial charge is 0.319 e. The van der Waals surface area contributed by atoms with Gasteiger partial charge in [0, 0.05) is 23.8 Å². The number of carbonyl (C=O) groups excluding carboxylic acids is 2. The van der Waals surface area contributed by atoms with Crippen LogP contribution in [0.1, 0.15) is 39.2 Å². The second-order valence-corrected chi connectivity index (χ2v) is 4.84. The molecule has 0 saturated heterocycles. The van der Waals surface area contributed by atoms with Crippen LogP contribution in [0.2, 0.25) is 0 Å². The van der Waals surface area contributed by atoms with E-state index in [9.17, 15) is 9.59 Å². The van der Waals surface area contributed by atoms with E-state index in [2.05, 4.69) is 16.0 Å². The Morgan fingerprint density at radius 2 is 1.90 bits per heavy atom. The zero-order chi connectivity index (χ0) is 15.1. The second kappa shape index (κ2) is 7.53. The van der Waals surface area contributed by atoms with Gasteiger partial charge in [-0.3, -0.25) is 4.79 Å². The number of rotatable bonds is 5. The molecule has 110 valence electrons. The number of amides is 3. The first kappa shape index (κ1) is 16.0. The normalized spacial score (nSPS) is 11.6. The van der Waals surface area contributed by atoms with Crippen molar-refractivity contribution < 1.29 is 9.59 Å². The molecule has 1 aromatic carbocycles. The Morgan fingerprint density at radius 1 is 1.20 bits per heavy atom. The van der Waals surface area contributed by atoms with Gasteiger partial charge in [-0.05, 0) is 38.0 Å². The fourth-order valence-corrected chi connectivity index (χ4v) is 1.57. The molecular formula is C15H23N3O2. The van der Waals surface area contributed by atoms with E-state index in [4.69, 9.17) is 0 Å². The lowest BCUT2D eigenvalue weighted by atomic mass is 10.1. The van der Waals surface area contributed by atoms with Crippen molar-refractivity contribution in [3.8, 4) is 0 Å². The molecule has 1 aromatic rings. The number of urea groups is 1. The standard InChI is InChI=1S/C15H23N3O2/c1-5-11(4)16-15(20)18-13-9-12(8-7-10(13)3)17-14(19)6-2/h7-9,11H,5-6H2,1-4H3,(H,17,19)(H2,16,18,20). The van der Waals surface area contributed by atoms with E-state index in [1.54, 1.807) is 13.0 Å². The highest BCUT2D eigenvalue weighted by Gasteiger charge is 2.08. The zero-order valence-electron chi connectivity index (χ0n) is 12.5. The zero-order valence-corrected chi connectivity index (χ0v) is 12.5. The molecule has 0 bridgehead atoms. The van der Waals surface area contributed by atoms with Crippen molar-refractivity contribution in [3.63, 3.8) is 0 Å². The van der Waals surface area contributed by atoms with E-state index in [1.807, 2.05) is 32.9 Å². The third-order valence-electron chi connectivity index (χ3n) is 3.08. The molecule has 0 spiro atoms. The molecule has 5 heteroatoms. The molecule has 1 unspecified atom stereocenters. The van der Waals surface area contributed by atoms with Crippen molar-refractivity contribution >= 4 is 23.3 Å². The maximum atomic E-state index is 11.8. The van der Waals surface area contributed by atoms with Crippen LogP contribution in [-0.4, -0.2) is 18.0 Å². The number of benzene rings is 1. The summed E-state index contributed by atoms with van der Waals surface area (Å²) in [7, 11) is 0. The van der Waals surface area contributed by atoms with Crippen molar-refractivity contribution in [2.24, 2.45) is 0 Å². The van der Waals surface area contributed by atoms with E-state index in [0.717, 1.165) is 12.0 Å². The summed E-state index contributed by atoms with van der Waals surface area (Å²) in [6.45, 7) is 7.66. The first-order valence-electron chi connectivity index (χ1n) is 6.94. The van der Waals surface area contributed by atoms with E-state index >= 15 is 0 Å². The second-order valence-electron chi connectivity index (χ2n) is 4.84. The monoisotopic (exact) mass is 277 g/mol. The first-order chi connectivity index (χ1) is 9.46. The van der Waals surface area contributed by atoms with Gasteiger partial charge in [-0.2, -0.15) is 0 Å². The third-order valence-corrected chi connectivity index (χ3v) is 3.08. The van der Waals surface area contributed by atoms with Gasteiger partial charge in [0.2, 0.25) is 5.91 Å². The summed E-state index contributed by atoms with van der Waals surface area (Å²) < 4.78 is 0. The van der Waals surface area contributed by atoms with Gasteiger partial charge < -0.3 is 16.0 Å². The Balaban J connectivity index is 2.76. The van der Waals surface area contributed by atoms with Crippen LogP contribution in [0.3, 0.4) is 0 Å². The minimum atomic E-state index is -0.235. The van der Waals surface area contributed by atoms with Crippen molar-refractivity contribution in [3.05, 3.63) is 23.8 Å². The quantitative estimate of drug-likeness (QED) is 0.773. The van der Waals surface area contributed by atoms with Gasteiger partial charge in [0.1, 0.15) is 0 Å². The number of anilines is 2. The lowest BCUT2D eigenvalue weighted by molar-refractivity contribution is -0.115. The van der Waals surface area contributed by atoms with Gasteiger partial charge in [-0.25, -0.2) is 4.79 Å². The average Bonchev–Trinajstić information content (AvgIpc) is 2.42. The molecule has 0 aliphatic rings. The Kier molecular flexibility index (Phi) is 6.03. The summed E-state index contributed by atoms with van der Waals surface area (Å²) in [6, 6.07) is 5.34. The van der Waals surface area contributed by atoms with Crippen LogP contribution in [0, 0.1) is 6.92 Å². The van der Waals surface area contributed by atoms with Gasteiger partial charge in [0.25, 0.3) is 0 Å². The van der Waals surface area contributed by atoms with Crippen LogP contribution in [-0.2, 0) is 4.79 Å². The molecule has 0 aromatic heterocycles. The van der Waals surface area contributed by atoms with E-state index < -0.39 is 0 Å².